The summed E-state index contributed by atoms with van der Waals surface area (Å²) in [5.41, 5.74) is 3.59. The fourth-order valence-corrected chi connectivity index (χ4v) is 5.59. The molecule has 3 heterocycles. The van der Waals surface area contributed by atoms with Crippen LogP contribution in [0.3, 0.4) is 0 Å². The number of carbonyl (C=O) groups is 2. The Labute approximate surface area is 189 Å². The third-order valence-electron chi connectivity index (χ3n) is 6.44. The van der Waals surface area contributed by atoms with E-state index < -0.39 is 0 Å². The Kier molecular flexibility index (Phi) is 7.41. The molecule has 0 saturated carbocycles. The maximum Gasteiger partial charge on any atom is 0.223 e. The number of hydrogen-bond acceptors (Lipinski definition) is 4. The molecule has 2 aromatic rings. The lowest BCUT2D eigenvalue weighted by molar-refractivity contribution is -0.135. The molecule has 1 saturated heterocycles. The third-order valence-corrected chi connectivity index (χ3v) is 7.44. The van der Waals surface area contributed by atoms with Crippen molar-refractivity contribution in [1.29, 1.82) is 0 Å². The number of piperidine rings is 1. The van der Waals surface area contributed by atoms with Crippen molar-refractivity contribution in [2.75, 3.05) is 32.7 Å². The minimum Gasteiger partial charge on any atom is -0.355 e. The molecule has 1 aromatic carbocycles. The molecule has 6 heteroatoms. The predicted molar refractivity (Wildman–Crippen MR) is 125 cm³/mol. The summed E-state index contributed by atoms with van der Waals surface area (Å²) in [6.45, 7) is 6.63. The topological polar surface area (TPSA) is 52.7 Å². The summed E-state index contributed by atoms with van der Waals surface area (Å²) in [4.78, 5) is 31.2. The molecule has 1 unspecified atom stereocenters. The van der Waals surface area contributed by atoms with E-state index in [0.717, 1.165) is 31.6 Å². The Hall–Kier alpha value is -2.18. The maximum atomic E-state index is 13.1. The Morgan fingerprint density at radius 3 is 2.58 bits per heavy atom. The van der Waals surface area contributed by atoms with Crippen LogP contribution < -0.4 is 5.32 Å². The van der Waals surface area contributed by atoms with Gasteiger partial charge in [-0.1, -0.05) is 36.2 Å². The second-order valence-electron chi connectivity index (χ2n) is 8.70. The number of likely N-dealkylation sites (tertiary alicyclic amines) is 1. The Morgan fingerprint density at radius 2 is 1.81 bits per heavy atom. The van der Waals surface area contributed by atoms with Crippen LogP contribution in [0.4, 0.5) is 0 Å². The molecule has 4 rings (SSSR count). The number of rotatable bonds is 7. The van der Waals surface area contributed by atoms with Crippen LogP contribution in [0.5, 0.6) is 0 Å². The van der Waals surface area contributed by atoms with E-state index in [9.17, 15) is 9.59 Å². The monoisotopic (exact) mass is 439 g/mol. The van der Waals surface area contributed by atoms with E-state index in [-0.39, 0.29) is 30.7 Å². The molecule has 166 valence electrons. The lowest BCUT2D eigenvalue weighted by Crippen LogP contribution is -2.41. The van der Waals surface area contributed by atoms with Crippen LogP contribution in [0.2, 0.25) is 0 Å². The molecule has 2 aliphatic rings. The normalized spacial score (nSPS) is 19.1. The lowest BCUT2D eigenvalue weighted by atomic mass is 9.92. The van der Waals surface area contributed by atoms with Crippen LogP contribution in [0.25, 0.3) is 0 Å². The first-order valence-electron chi connectivity index (χ1n) is 11.5. The van der Waals surface area contributed by atoms with Gasteiger partial charge >= 0.3 is 0 Å². The Balaban J connectivity index is 1.33. The van der Waals surface area contributed by atoms with Crippen LogP contribution in [0.15, 0.2) is 35.7 Å². The highest BCUT2D eigenvalue weighted by atomic mass is 32.1. The molecular weight excluding hydrogens is 406 g/mol. The highest BCUT2D eigenvalue weighted by Gasteiger charge is 2.32. The average Bonchev–Trinajstić information content (AvgIpc) is 3.27. The first kappa shape index (κ1) is 22.0. The predicted octanol–water partition coefficient (Wildman–Crippen LogP) is 3.91. The van der Waals surface area contributed by atoms with E-state index >= 15 is 0 Å². The van der Waals surface area contributed by atoms with Crippen molar-refractivity contribution in [1.82, 2.24) is 15.1 Å². The molecule has 31 heavy (non-hydrogen) atoms. The zero-order chi connectivity index (χ0) is 21.6. The number of amides is 2. The van der Waals surface area contributed by atoms with E-state index in [1.807, 2.05) is 4.90 Å². The summed E-state index contributed by atoms with van der Waals surface area (Å²) in [5.74, 6) is 0.0408. The van der Waals surface area contributed by atoms with Gasteiger partial charge in [0.05, 0.1) is 6.04 Å². The number of carbonyl (C=O) groups excluding carboxylic acids is 2. The number of hydrogen-bond donors (Lipinski definition) is 1. The highest BCUT2D eigenvalue weighted by Crippen LogP contribution is 2.38. The average molecular weight is 440 g/mol. The van der Waals surface area contributed by atoms with Crippen molar-refractivity contribution >= 4 is 23.2 Å². The van der Waals surface area contributed by atoms with Crippen LogP contribution in [0, 0.1) is 6.92 Å². The molecule has 0 radical (unpaired) electrons. The number of fused-ring (bicyclic) bond motifs is 1. The molecule has 0 spiro atoms. The van der Waals surface area contributed by atoms with E-state index in [1.165, 1.54) is 35.3 Å². The first-order chi connectivity index (χ1) is 15.1. The molecule has 1 aromatic heterocycles. The summed E-state index contributed by atoms with van der Waals surface area (Å²) in [5, 5.41) is 5.12. The van der Waals surface area contributed by atoms with E-state index in [0.29, 0.717) is 13.1 Å². The van der Waals surface area contributed by atoms with Crippen molar-refractivity contribution in [3.63, 3.8) is 0 Å². The van der Waals surface area contributed by atoms with Gasteiger partial charge in [-0.05, 0) is 61.8 Å². The van der Waals surface area contributed by atoms with Crippen molar-refractivity contribution < 1.29 is 9.59 Å². The van der Waals surface area contributed by atoms with Crippen molar-refractivity contribution in [2.24, 2.45) is 0 Å². The van der Waals surface area contributed by atoms with Gasteiger partial charge in [-0.15, -0.1) is 11.3 Å². The quantitative estimate of drug-likeness (QED) is 0.712. The van der Waals surface area contributed by atoms with Gasteiger partial charge in [-0.2, -0.15) is 0 Å². The highest BCUT2D eigenvalue weighted by molar-refractivity contribution is 7.10. The van der Waals surface area contributed by atoms with Gasteiger partial charge in [0.1, 0.15) is 0 Å². The fraction of sp³-hybridized carbons (Fsp3) is 0.520. The molecule has 1 N–H and O–H groups in total. The summed E-state index contributed by atoms with van der Waals surface area (Å²) in [6.07, 6.45) is 5.24. The van der Waals surface area contributed by atoms with E-state index in [1.54, 1.807) is 11.3 Å². The summed E-state index contributed by atoms with van der Waals surface area (Å²) in [7, 11) is 0. The van der Waals surface area contributed by atoms with Crippen LogP contribution >= 0.6 is 11.3 Å². The molecule has 0 aliphatic carbocycles. The SMILES string of the molecule is Cc1ccc(C2c3ccsc3CCN2C(=O)CCC(=O)NCCN2CCCCC2)cc1. The number of nitrogens with zero attached hydrogens (tertiary/aromatic N) is 2. The zero-order valence-corrected chi connectivity index (χ0v) is 19.3. The Morgan fingerprint density at radius 1 is 1.03 bits per heavy atom. The first-order valence-corrected chi connectivity index (χ1v) is 12.4. The minimum absolute atomic E-state index is 0.0227. The molecule has 2 aliphatic heterocycles. The van der Waals surface area contributed by atoms with Gasteiger partial charge in [-0.25, -0.2) is 0 Å². The van der Waals surface area contributed by atoms with Crippen LogP contribution in [-0.2, 0) is 16.0 Å². The smallest absolute Gasteiger partial charge is 0.223 e. The Bertz CT molecular complexity index is 886. The number of nitrogens with one attached hydrogen (secondary N) is 1. The van der Waals surface area contributed by atoms with Crippen LogP contribution in [0.1, 0.15) is 59.7 Å². The molecular formula is C25H33N3O2S. The van der Waals surface area contributed by atoms with E-state index in [4.69, 9.17) is 0 Å². The van der Waals surface area contributed by atoms with Crippen molar-refractivity contribution in [2.45, 2.75) is 51.5 Å². The summed E-state index contributed by atoms with van der Waals surface area (Å²) in [6, 6.07) is 10.6. The fourth-order valence-electron chi connectivity index (χ4n) is 4.68. The van der Waals surface area contributed by atoms with Gasteiger partial charge in [0, 0.05) is 37.4 Å². The van der Waals surface area contributed by atoms with E-state index in [2.05, 4.69) is 52.9 Å². The van der Waals surface area contributed by atoms with Gasteiger partial charge in [-0.3, -0.25) is 9.59 Å². The van der Waals surface area contributed by atoms with Gasteiger partial charge < -0.3 is 15.1 Å². The number of aryl methyl sites for hydroxylation is 1. The van der Waals surface area contributed by atoms with Crippen LogP contribution in [-0.4, -0.2) is 54.3 Å². The molecule has 5 nitrogen and oxygen atoms in total. The maximum absolute atomic E-state index is 13.1. The molecule has 0 bridgehead atoms. The van der Waals surface area contributed by atoms with Crippen molar-refractivity contribution in [3.8, 4) is 0 Å². The second kappa shape index (κ2) is 10.4. The zero-order valence-electron chi connectivity index (χ0n) is 18.4. The summed E-state index contributed by atoms with van der Waals surface area (Å²) >= 11 is 1.77. The standard InChI is InChI=1S/C25H33N3O2S/c1-19-5-7-20(8-6-19)25-21-12-18-31-22(21)11-16-28(25)24(30)10-9-23(29)26-13-17-27-14-3-2-4-15-27/h5-8,12,18,25H,2-4,9-11,13-17H2,1H3,(H,26,29). The minimum atomic E-state index is -0.0507. The second-order valence-corrected chi connectivity index (χ2v) is 9.70. The molecule has 1 atom stereocenters. The lowest BCUT2D eigenvalue weighted by Gasteiger charge is -2.36. The van der Waals surface area contributed by atoms with Crippen molar-refractivity contribution in [3.05, 3.63) is 57.3 Å². The summed E-state index contributed by atoms with van der Waals surface area (Å²) < 4.78 is 0. The van der Waals surface area contributed by atoms with Gasteiger partial charge in [0.15, 0.2) is 0 Å². The van der Waals surface area contributed by atoms with Gasteiger partial charge in [0.25, 0.3) is 0 Å². The number of thiophene rings is 1. The third kappa shape index (κ3) is 5.55. The molecule has 1 fully saturated rings. The number of benzene rings is 1. The van der Waals surface area contributed by atoms with Gasteiger partial charge in [0.2, 0.25) is 11.8 Å². The largest absolute Gasteiger partial charge is 0.355 e. The molecule has 2 amide bonds.